The molecule has 1 saturated carbocycles. The summed E-state index contributed by atoms with van der Waals surface area (Å²) in [6.07, 6.45) is 5.61. The van der Waals surface area contributed by atoms with E-state index in [9.17, 15) is 14.7 Å². The smallest absolute Gasteiger partial charge is 0.337 e. The number of methoxy groups -OCH3 is 1. The van der Waals surface area contributed by atoms with Crippen LogP contribution >= 0.6 is 11.8 Å². The lowest BCUT2D eigenvalue weighted by Crippen LogP contribution is -2.28. The molecule has 6 nitrogen and oxygen atoms in total. The molecule has 1 aromatic carbocycles. The van der Waals surface area contributed by atoms with Crippen molar-refractivity contribution in [1.29, 1.82) is 0 Å². The van der Waals surface area contributed by atoms with E-state index in [1.807, 2.05) is 0 Å². The van der Waals surface area contributed by atoms with Gasteiger partial charge in [-0.15, -0.1) is 0 Å². The predicted molar refractivity (Wildman–Crippen MR) is 106 cm³/mol. The molecule has 0 aliphatic heterocycles. The number of benzene rings is 1. The summed E-state index contributed by atoms with van der Waals surface area (Å²) >= 11 is 1.57. The maximum Gasteiger partial charge on any atom is 0.337 e. The number of esters is 1. The number of carbonyl (C=O) groups excluding carboxylic acids is 1. The van der Waals surface area contributed by atoms with E-state index in [2.05, 4.69) is 4.98 Å². The van der Waals surface area contributed by atoms with E-state index in [0.717, 1.165) is 5.75 Å². The Labute approximate surface area is 162 Å². The third kappa shape index (κ3) is 4.71. The summed E-state index contributed by atoms with van der Waals surface area (Å²) < 4.78 is 6.31. The van der Waals surface area contributed by atoms with Gasteiger partial charge in [-0.3, -0.25) is 9.36 Å². The summed E-state index contributed by atoms with van der Waals surface area (Å²) in [6.45, 7) is 1.86. The van der Waals surface area contributed by atoms with E-state index >= 15 is 0 Å². The van der Waals surface area contributed by atoms with E-state index in [-0.39, 0.29) is 12.1 Å². The maximum atomic E-state index is 13.0. The number of rotatable bonds is 6. The number of carbonyl (C=O) groups is 1. The highest BCUT2D eigenvalue weighted by atomic mass is 32.2. The van der Waals surface area contributed by atoms with Crippen molar-refractivity contribution in [3.63, 3.8) is 0 Å². The normalized spacial score (nSPS) is 16.4. The first-order chi connectivity index (χ1) is 13.0. The molecule has 0 bridgehead atoms. The second-order valence-corrected chi connectivity index (χ2v) is 8.18. The Morgan fingerprint density at radius 1 is 1.37 bits per heavy atom. The van der Waals surface area contributed by atoms with Crippen molar-refractivity contribution in [2.75, 3.05) is 12.9 Å². The molecule has 2 aromatic rings. The number of ether oxygens (including phenoxy) is 1. The van der Waals surface area contributed by atoms with Crippen LogP contribution in [-0.2, 0) is 11.3 Å². The molecule has 0 saturated heterocycles. The number of aromatic nitrogens is 2. The zero-order valence-corrected chi connectivity index (χ0v) is 16.6. The Morgan fingerprint density at radius 2 is 2.11 bits per heavy atom. The molecule has 0 radical (unpaired) electrons. The Balaban J connectivity index is 1.98. The molecule has 1 aliphatic carbocycles. The van der Waals surface area contributed by atoms with Gasteiger partial charge in [0.2, 0.25) is 0 Å². The summed E-state index contributed by atoms with van der Waals surface area (Å²) in [6, 6.07) is 4.77. The number of hydrogen-bond donors (Lipinski definition) is 1. The number of hydrogen-bond acceptors (Lipinski definition) is 6. The summed E-state index contributed by atoms with van der Waals surface area (Å²) in [5.74, 6) is 1.09. The second kappa shape index (κ2) is 8.89. The molecular weight excluding hydrogens is 364 g/mol. The SMILES string of the molecule is COC(=O)c1ccc2c(=O)n(C[C@H](C)O)c(SCC3CCCCC3)nc2c1. The zero-order valence-electron chi connectivity index (χ0n) is 15.8. The highest BCUT2D eigenvalue weighted by molar-refractivity contribution is 7.99. The van der Waals surface area contributed by atoms with Crippen molar-refractivity contribution >= 4 is 28.6 Å². The van der Waals surface area contributed by atoms with Gasteiger partial charge in [0.05, 0.1) is 36.2 Å². The van der Waals surface area contributed by atoms with Crippen molar-refractivity contribution < 1.29 is 14.6 Å². The molecule has 1 fully saturated rings. The first kappa shape index (κ1) is 19.9. The van der Waals surface area contributed by atoms with E-state index < -0.39 is 12.1 Å². The van der Waals surface area contributed by atoms with Crippen molar-refractivity contribution in [3.05, 3.63) is 34.1 Å². The lowest BCUT2D eigenvalue weighted by Gasteiger charge is -2.22. The molecule has 146 valence electrons. The fraction of sp³-hybridized carbons (Fsp3) is 0.550. The predicted octanol–water partition coefficient (Wildman–Crippen LogP) is 3.24. The molecule has 1 heterocycles. The summed E-state index contributed by atoms with van der Waals surface area (Å²) in [4.78, 5) is 29.4. The number of aliphatic hydroxyl groups excluding tert-OH is 1. The number of thioether (sulfide) groups is 1. The minimum absolute atomic E-state index is 0.191. The van der Waals surface area contributed by atoms with Crippen LogP contribution in [0, 0.1) is 5.92 Å². The van der Waals surface area contributed by atoms with E-state index in [1.54, 1.807) is 41.5 Å². The van der Waals surface area contributed by atoms with E-state index in [0.29, 0.717) is 27.5 Å². The Morgan fingerprint density at radius 3 is 2.78 bits per heavy atom. The Kier molecular flexibility index (Phi) is 6.55. The first-order valence-corrected chi connectivity index (χ1v) is 10.4. The molecule has 27 heavy (non-hydrogen) atoms. The molecule has 0 unspecified atom stereocenters. The first-order valence-electron chi connectivity index (χ1n) is 9.43. The minimum Gasteiger partial charge on any atom is -0.465 e. The average molecular weight is 391 g/mol. The van der Waals surface area contributed by atoms with Gasteiger partial charge in [-0.25, -0.2) is 9.78 Å². The highest BCUT2D eigenvalue weighted by Gasteiger charge is 2.18. The van der Waals surface area contributed by atoms with Gasteiger partial charge in [0.25, 0.3) is 5.56 Å². The zero-order chi connectivity index (χ0) is 19.4. The van der Waals surface area contributed by atoms with Crippen LogP contribution in [0.4, 0.5) is 0 Å². The van der Waals surface area contributed by atoms with Crippen LogP contribution in [0.1, 0.15) is 49.4 Å². The lowest BCUT2D eigenvalue weighted by atomic mass is 9.91. The summed E-state index contributed by atoms with van der Waals surface area (Å²) in [7, 11) is 1.33. The monoisotopic (exact) mass is 390 g/mol. The molecule has 1 aromatic heterocycles. The van der Waals surface area contributed by atoms with Crippen LogP contribution in [-0.4, -0.2) is 39.6 Å². The van der Waals surface area contributed by atoms with Gasteiger partial charge in [0.1, 0.15) is 0 Å². The van der Waals surface area contributed by atoms with Crippen LogP contribution in [0.3, 0.4) is 0 Å². The molecule has 1 N–H and O–H groups in total. The van der Waals surface area contributed by atoms with Crippen LogP contribution in [0.15, 0.2) is 28.2 Å². The number of nitrogens with zero attached hydrogens (tertiary/aromatic N) is 2. The van der Waals surface area contributed by atoms with Gasteiger partial charge in [-0.2, -0.15) is 0 Å². The van der Waals surface area contributed by atoms with Crippen molar-refractivity contribution in [2.24, 2.45) is 5.92 Å². The standard InChI is InChI=1S/C20H26N2O4S/c1-13(23)11-22-18(24)16-9-8-15(19(25)26-2)10-17(16)21-20(22)27-12-14-6-4-3-5-7-14/h8-10,13-14,23H,3-7,11-12H2,1-2H3/t13-/m0/s1. The highest BCUT2D eigenvalue weighted by Crippen LogP contribution is 2.29. The Bertz CT molecular complexity index is 872. The van der Waals surface area contributed by atoms with Crippen LogP contribution in [0.25, 0.3) is 10.9 Å². The average Bonchev–Trinajstić information content (AvgIpc) is 2.68. The van der Waals surface area contributed by atoms with Gasteiger partial charge in [0, 0.05) is 5.75 Å². The third-order valence-electron chi connectivity index (χ3n) is 4.96. The molecule has 1 aliphatic rings. The van der Waals surface area contributed by atoms with Crippen LogP contribution < -0.4 is 5.56 Å². The largest absolute Gasteiger partial charge is 0.465 e. The fourth-order valence-corrected chi connectivity index (χ4v) is 4.72. The summed E-state index contributed by atoms with van der Waals surface area (Å²) in [5, 5.41) is 10.9. The molecule has 0 spiro atoms. The van der Waals surface area contributed by atoms with Crippen LogP contribution in [0.5, 0.6) is 0 Å². The van der Waals surface area contributed by atoms with E-state index in [4.69, 9.17) is 4.74 Å². The maximum absolute atomic E-state index is 13.0. The van der Waals surface area contributed by atoms with Crippen molar-refractivity contribution in [2.45, 2.75) is 56.8 Å². The van der Waals surface area contributed by atoms with E-state index in [1.165, 1.54) is 39.2 Å². The number of aliphatic hydroxyl groups is 1. The van der Waals surface area contributed by atoms with Crippen LogP contribution in [0.2, 0.25) is 0 Å². The van der Waals surface area contributed by atoms with Gasteiger partial charge in [0.15, 0.2) is 5.16 Å². The van der Waals surface area contributed by atoms with Gasteiger partial charge in [-0.1, -0.05) is 31.0 Å². The number of fused-ring (bicyclic) bond motifs is 1. The molecular formula is C20H26N2O4S. The minimum atomic E-state index is -0.648. The second-order valence-electron chi connectivity index (χ2n) is 7.20. The van der Waals surface area contributed by atoms with Gasteiger partial charge >= 0.3 is 5.97 Å². The van der Waals surface area contributed by atoms with Gasteiger partial charge in [-0.05, 0) is 43.9 Å². The van der Waals surface area contributed by atoms with Crippen molar-refractivity contribution in [3.8, 4) is 0 Å². The molecule has 1 atom stereocenters. The topological polar surface area (TPSA) is 81.4 Å². The van der Waals surface area contributed by atoms with Gasteiger partial charge < -0.3 is 9.84 Å². The molecule has 0 amide bonds. The summed E-state index contributed by atoms with van der Waals surface area (Å²) in [5.41, 5.74) is 0.660. The van der Waals surface area contributed by atoms with Crippen molar-refractivity contribution in [1.82, 2.24) is 9.55 Å². The lowest BCUT2D eigenvalue weighted by molar-refractivity contribution is 0.0601. The fourth-order valence-electron chi connectivity index (χ4n) is 3.53. The Hall–Kier alpha value is -1.86. The quantitative estimate of drug-likeness (QED) is 0.463. The molecule has 7 heteroatoms. The molecule has 3 rings (SSSR count). The third-order valence-corrected chi connectivity index (χ3v) is 6.17.